The van der Waals surface area contributed by atoms with E-state index in [1.54, 1.807) is 25.4 Å². The van der Waals surface area contributed by atoms with Crippen LogP contribution in [0.15, 0.2) is 35.7 Å². The molecule has 1 aromatic carbocycles. The molecule has 1 aliphatic heterocycles. The van der Waals surface area contributed by atoms with Crippen LogP contribution in [0.3, 0.4) is 0 Å². The number of anilines is 1. The number of aromatic nitrogens is 1. The minimum Gasteiger partial charge on any atom is -0.463 e. The molecule has 3 rings (SSSR count). The summed E-state index contributed by atoms with van der Waals surface area (Å²) < 4.78 is 4.93. The molecule has 0 aliphatic carbocycles. The fourth-order valence-corrected chi connectivity index (χ4v) is 2.38. The second-order valence-corrected chi connectivity index (χ2v) is 5.80. The SMILES string of the molecule is CCOC(=O)C(C)(C)ON=C1C(=O)Nc2c1ccc1ccncc21. The Morgan fingerprint density at radius 2 is 2.12 bits per heavy atom. The van der Waals surface area contributed by atoms with E-state index >= 15 is 0 Å². The maximum absolute atomic E-state index is 12.2. The molecule has 124 valence electrons. The zero-order valence-corrected chi connectivity index (χ0v) is 13.6. The smallest absolute Gasteiger partial charge is 0.352 e. The summed E-state index contributed by atoms with van der Waals surface area (Å²) in [4.78, 5) is 33.5. The molecular weight excluding hydrogens is 310 g/mol. The third-order valence-corrected chi connectivity index (χ3v) is 3.66. The molecule has 24 heavy (non-hydrogen) atoms. The van der Waals surface area contributed by atoms with Crippen LogP contribution in [0.4, 0.5) is 5.69 Å². The highest BCUT2D eigenvalue weighted by atomic mass is 16.7. The topological polar surface area (TPSA) is 89.9 Å². The van der Waals surface area contributed by atoms with Gasteiger partial charge in [0.15, 0.2) is 5.71 Å². The number of ether oxygens (including phenoxy) is 1. The minimum absolute atomic E-state index is 0.119. The summed E-state index contributed by atoms with van der Waals surface area (Å²) >= 11 is 0. The van der Waals surface area contributed by atoms with E-state index in [0.29, 0.717) is 11.3 Å². The predicted molar refractivity (Wildman–Crippen MR) is 88.7 cm³/mol. The molecule has 2 aromatic rings. The van der Waals surface area contributed by atoms with E-state index in [0.717, 1.165) is 10.8 Å². The number of carbonyl (C=O) groups is 2. The molecule has 7 heteroatoms. The van der Waals surface area contributed by atoms with Crippen LogP contribution in [0.5, 0.6) is 0 Å². The van der Waals surface area contributed by atoms with Gasteiger partial charge in [-0.1, -0.05) is 11.2 Å². The van der Waals surface area contributed by atoms with E-state index < -0.39 is 11.6 Å². The summed E-state index contributed by atoms with van der Waals surface area (Å²) in [7, 11) is 0. The highest BCUT2D eigenvalue weighted by Crippen LogP contribution is 2.32. The van der Waals surface area contributed by atoms with Crippen molar-refractivity contribution in [3.8, 4) is 0 Å². The summed E-state index contributed by atoms with van der Waals surface area (Å²) in [6.07, 6.45) is 3.37. The number of benzene rings is 1. The first-order valence-electron chi connectivity index (χ1n) is 7.56. The van der Waals surface area contributed by atoms with Gasteiger partial charge in [-0.25, -0.2) is 4.79 Å². The Morgan fingerprint density at radius 3 is 2.88 bits per heavy atom. The average Bonchev–Trinajstić information content (AvgIpc) is 2.89. The van der Waals surface area contributed by atoms with Crippen molar-refractivity contribution < 1.29 is 19.2 Å². The summed E-state index contributed by atoms with van der Waals surface area (Å²) in [5, 5.41) is 8.46. The van der Waals surface area contributed by atoms with Gasteiger partial charge in [0.1, 0.15) is 0 Å². The van der Waals surface area contributed by atoms with Crippen molar-refractivity contribution in [2.75, 3.05) is 11.9 Å². The van der Waals surface area contributed by atoms with Gasteiger partial charge in [0.2, 0.25) is 5.60 Å². The summed E-state index contributed by atoms with van der Waals surface area (Å²) in [6.45, 7) is 5.02. The van der Waals surface area contributed by atoms with Crippen molar-refractivity contribution in [3.63, 3.8) is 0 Å². The quantitative estimate of drug-likeness (QED) is 0.687. The Hall–Kier alpha value is -2.96. The molecule has 0 radical (unpaired) electrons. The van der Waals surface area contributed by atoms with Crippen LogP contribution in [0.2, 0.25) is 0 Å². The number of fused-ring (bicyclic) bond motifs is 3. The lowest BCUT2D eigenvalue weighted by molar-refractivity contribution is -0.167. The largest absolute Gasteiger partial charge is 0.463 e. The monoisotopic (exact) mass is 327 g/mol. The number of hydrogen-bond donors (Lipinski definition) is 1. The van der Waals surface area contributed by atoms with Gasteiger partial charge >= 0.3 is 5.97 Å². The van der Waals surface area contributed by atoms with Gasteiger partial charge in [0.05, 0.1) is 12.3 Å². The summed E-state index contributed by atoms with van der Waals surface area (Å²) in [5.74, 6) is -0.934. The maximum atomic E-state index is 12.2. The lowest BCUT2D eigenvalue weighted by Crippen LogP contribution is -2.35. The van der Waals surface area contributed by atoms with Crippen LogP contribution in [-0.2, 0) is 19.2 Å². The maximum Gasteiger partial charge on any atom is 0.352 e. The van der Waals surface area contributed by atoms with Crippen LogP contribution in [0.1, 0.15) is 26.3 Å². The standard InChI is InChI=1S/C17H17N3O4/c1-4-23-16(22)17(2,3)24-20-14-11-6-5-10-7-8-18-9-12(10)13(11)19-15(14)21/h5-9H,4H2,1-3H3,(H,19,20,21). The summed E-state index contributed by atoms with van der Waals surface area (Å²) in [5.41, 5.74) is 0.0833. The predicted octanol–water partition coefficient (Wildman–Crippen LogP) is 2.25. The van der Waals surface area contributed by atoms with E-state index in [4.69, 9.17) is 9.57 Å². The number of amides is 1. The molecule has 1 N–H and O–H groups in total. The second kappa shape index (κ2) is 5.92. The van der Waals surface area contributed by atoms with E-state index in [-0.39, 0.29) is 18.2 Å². The number of hydrogen-bond acceptors (Lipinski definition) is 6. The molecule has 0 saturated carbocycles. The molecular formula is C17H17N3O4. The molecule has 0 bridgehead atoms. The van der Waals surface area contributed by atoms with Crippen molar-refractivity contribution in [3.05, 3.63) is 36.2 Å². The van der Waals surface area contributed by atoms with Crippen molar-refractivity contribution in [1.82, 2.24) is 4.98 Å². The van der Waals surface area contributed by atoms with Crippen LogP contribution in [-0.4, -0.2) is 34.8 Å². The molecule has 0 unspecified atom stereocenters. The van der Waals surface area contributed by atoms with Gasteiger partial charge in [0, 0.05) is 23.3 Å². The van der Waals surface area contributed by atoms with Gasteiger partial charge in [-0.2, -0.15) is 0 Å². The molecule has 0 saturated heterocycles. The molecule has 7 nitrogen and oxygen atoms in total. The zero-order valence-electron chi connectivity index (χ0n) is 13.6. The van der Waals surface area contributed by atoms with Crippen LogP contribution < -0.4 is 5.32 Å². The van der Waals surface area contributed by atoms with Gasteiger partial charge in [-0.3, -0.25) is 9.78 Å². The third kappa shape index (κ3) is 2.68. The molecule has 0 fully saturated rings. The van der Waals surface area contributed by atoms with Crippen LogP contribution >= 0.6 is 0 Å². The third-order valence-electron chi connectivity index (χ3n) is 3.66. The molecule has 1 amide bonds. The first-order chi connectivity index (χ1) is 11.4. The van der Waals surface area contributed by atoms with Gasteiger partial charge in [0.25, 0.3) is 5.91 Å². The Balaban J connectivity index is 1.95. The number of nitrogens with zero attached hydrogens (tertiary/aromatic N) is 2. The molecule has 0 spiro atoms. The lowest BCUT2D eigenvalue weighted by atomic mass is 10.1. The highest BCUT2D eigenvalue weighted by Gasteiger charge is 2.34. The van der Waals surface area contributed by atoms with Crippen molar-refractivity contribution in [1.29, 1.82) is 0 Å². The molecule has 0 atom stereocenters. The van der Waals surface area contributed by atoms with Gasteiger partial charge in [-0.15, -0.1) is 0 Å². The van der Waals surface area contributed by atoms with E-state index in [2.05, 4.69) is 15.5 Å². The average molecular weight is 327 g/mol. The van der Waals surface area contributed by atoms with Crippen LogP contribution in [0, 0.1) is 0 Å². The Kier molecular flexibility index (Phi) is 3.92. The number of pyridine rings is 1. The minimum atomic E-state index is -1.29. The Morgan fingerprint density at radius 1 is 1.33 bits per heavy atom. The fraction of sp³-hybridized carbons (Fsp3) is 0.294. The lowest BCUT2D eigenvalue weighted by Gasteiger charge is -2.19. The van der Waals surface area contributed by atoms with E-state index in [9.17, 15) is 9.59 Å². The first kappa shape index (κ1) is 15.9. The molecule has 1 aromatic heterocycles. The number of esters is 1. The van der Waals surface area contributed by atoms with Crippen molar-refractivity contribution in [2.24, 2.45) is 5.16 Å². The zero-order chi connectivity index (χ0) is 17.3. The Bertz CT molecular complexity index is 858. The Labute approximate surface area is 138 Å². The number of carbonyl (C=O) groups excluding carboxylic acids is 2. The van der Waals surface area contributed by atoms with Gasteiger partial charge in [-0.05, 0) is 38.3 Å². The number of nitrogens with one attached hydrogen (secondary N) is 1. The first-order valence-corrected chi connectivity index (χ1v) is 7.56. The summed E-state index contributed by atoms with van der Waals surface area (Å²) in [6, 6.07) is 5.52. The fourth-order valence-electron chi connectivity index (χ4n) is 2.38. The van der Waals surface area contributed by atoms with Gasteiger partial charge < -0.3 is 14.9 Å². The van der Waals surface area contributed by atoms with Crippen LogP contribution in [0.25, 0.3) is 10.8 Å². The molecule has 2 heterocycles. The normalized spacial score (nSPS) is 15.3. The highest BCUT2D eigenvalue weighted by molar-refractivity contribution is 6.54. The number of oxime groups is 1. The van der Waals surface area contributed by atoms with Crippen molar-refractivity contribution >= 4 is 34.0 Å². The number of rotatable bonds is 4. The van der Waals surface area contributed by atoms with E-state index in [1.165, 1.54) is 13.8 Å². The van der Waals surface area contributed by atoms with Crippen molar-refractivity contribution in [2.45, 2.75) is 26.4 Å². The molecule has 1 aliphatic rings. The second-order valence-electron chi connectivity index (χ2n) is 5.80. The van der Waals surface area contributed by atoms with E-state index in [1.807, 2.05) is 12.1 Å².